The first kappa shape index (κ1) is 25.0. The maximum absolute atomic E-state index is 13.5. The van der Waals surface area contributed by atoms with Gasteiger partial charge >= 0.3 is 0 Å². The Labute approximate surface area is 195 Å². The molecule has 0 amide bonds. The Bertz CT molecular complexity index is 994. The summed E-state index contributed by atoms with van der Waals surface area (Å²) in [5.41, 5.74) is 4.51. The molecule has 2 aromatic rings. The molecule has 0 spiro atoms. The second kappa shape index (κ2) is 10.5. The number of aliphatic hydroxyl groups excluding tert-OH is 3. The van der Waals surface area contributed by atoms with Crippen molar-refractivity contribution in [3.05, 3.63) is 69.6 Å². The van der Waals surface area contributed by atoms with Crippen LogP contribution in [-0.4, -0.2) is 51.7 Å². The average Bonchev–Trinajstić information content (AvgIpc) is 2.75. The van der Waals surface area contributed by atoms with Crippen molar-refractivity contribution in [3.63, 3.8) is 0 Å². The third kappa shape index (κ3) is 5.45. The van der Waals surface area contributed by atoms with Gasteiger partial charge in [0.2, 0.25) is 0 Å². The molecule has 174 valence electrons. The van der Waals surface area contributed by atoms with Crippen molar-refractivity contribution in [2.45, 2.75) is 34.7 Å². The summed E-state index contributed by atoms with van der Waals surface area (Å²) in [4.78, 5) is 0.502. The monoisotopic (exact) mass is 510 g/mol. The van der Waals surface area contributed by atoms with E-state index in [-0.39, 0.29) is 11.3 Å². The van der Waals surface area contributed by atoms with E-state index in [2.05, 4.69) is 5.32 Å². The second-order valence-corrected chi connectivity index (χ2v) is 8.93. The Morgan fingerprint density at radius 3 is 2.41 bits per heavy atom. The molecule has 6 nitrogen and oxygen atoms in total. The van der Waals surface area contributed by atoms with Gasteiger partial charge in [0.25, 0.3) is 0 Å². The largest absolute Gasteiger partial charge is 0.397 e. The van der Waals surface area contributed by atoms with Crippen molar-refractivity contribution in [3.8, 4) is 0 Å². The molecule has 0 radical (unpaired) electrons. The molecule has 1 aliphatic heterocycles. The third-order valence-electron chi connectivity index (χ3n) is 4.77. The van der Waals surface area contributed by atoms with E-state index in [1.165, 1.54) is 0 Å². The Kier molecular flexibility index (Phi) is 8.21. The second-order valence-electron chi connectivity index (χ2n) is 6.95. The van der Waals surface area contributed by atoms with Crippen LogP contribution < -0.4 is 11.1 Å². The molecule has 6 N–H and O–H groups in total. The van der Waals surface area contributed by atoms with Gasteiger partial charge in [0.15, 0.2) is 17.5 Å². The summed E-state index contributed by atoms with van der Waals surface area (Å²) >= 11 is 13.2. The molecule has 0 aromatic heterocycles. The fraction of sp³-hybridized carbons (Fsp3) is 0.300. The van der Waals surface area contributed by atoms with Gasteiger partial charge in [-0.3, -0.25) is 0 Å². The predicted molar refractivity (Wildman–Crippen MR) is 115 cm³/mol. The topological polar surface area (TPSA) is 108 Å². The van der Waals surface area contributed by atoms with Crippen LogP contribution in [0.5, 0.6) is 0 Å². The lowest BCUT2D eigenvalue weighted by atomic mass is 9.97. The van der Waals surface area contributed by atoms with Crippen LogP contribution in [0.1, 0.15) is 5.56 Å². The first-order valence-corrected chi connectivity index (χ1v) is 10.9. The molecule has 32 heavy (non-hydrogen) atoms. The van der Waals surface area contributed by atoms with Crippen LogP contribution in [-0.2, 0) is 4.74 Å². The van der Waals surface area contributed by atoms with E-state index in [9.17, 15) is 28.5 Å². The van der Waals surface area contributed by atoms with Gasteiger partial charge in [-0.25, -0.2) is 13.2 Å². The summed E-state index contributed by atoms with van der Waals surface area (Å²) in [5, 5.41) is 34.3. The summed E-state index contributed by atoms with van der Waals surface area (Å²) in [6.45, 7) is -0.556. The van der Waals surface area contributed by atoms with Crippen LogP contribution >= 0.6 is 35.0 Å². The van der Waals surface area contributed by atoms with Crippen molar-refractivity contribution in [1.29, 1.82) is 0 Å². The molecule has 1 fully saturated rings. The predicted octanol–water partition coefficient (Wildman–Crippen LogP) is 2.86. The highest BCUT2D eigenvalue weighted by atomic mass is 35.5. The van der Waals surface area contributed by atoms with Gasteiger partial charge in [0.05, 0.1) is 23.4 Å². The molecule has 2 aromatic carbocycles. The summed E-state index contributed by atoms with van der Waals surface area (Å²) < 4.78 is 45.7. The number of aliphatic hydroxyl groups is 3. The van der Waals surface area contributed by atoms with E-state index in [0.717, 1.165) is 18.0 Å². The van der Waals surface area contributed by atoms with Gasteiger partial charge in [0, 0.05) is 21.7 Å². The fourth-order valence-electron chi connectivity index (χ4n) is 3.07. The van der Waals surface area contributed by atoms with E-state index >= 15 is 0 Å². The summed E-state index contributed by atoms with van der Waals surface area (Å²) in [5.74, 6) is -4.47. The van der Waals surface area contributed by atoms with E-state index in [1.807, 2.05) is 0 Å². The summed E-state index contributed by atoms with van der Waals surface area (Å²) in [6, 6.07) is 5.05. The molecular formula is C20H19Cl2F3N2O4S. The smallest absolute Gasteiger partial charge is 0.194 e. The number of hydrogen-bond donors (Lipinski definition) is 5. The molecular weight excluding hydrogens is 492 g/mol. The van der Waals surface area contributed by atoms with Crippen molar-refractivity contribution in [1.82, 2.24) is 5.32 Å². The molecule has 0 saturated carbocycles. The molecule has 5 atom stereocenters. The number of rotatable bonds is 6. The first-order chi connectivity index (χ1) is 15.1. The molecule has 0 bridgehead atoms. The standard InChI is InChI=1S/C20H19Cl2F3N2O4S/c21-9-1-2-10(22)15(5-9)32-20-19(30)17(18(29)14(7-28)31-20)27-6-13(26)8-3-11(23)16(25)12(24)4-8/h1-6,14,17-20,27-30H,7,26H2/b13-6-. The molecule has 1 heterocycles. The number of ether oxygens (including phenoxy) is 1. The Balaban J connectivity index is 1.82. The summed E-state index contributed by atoms with van der Waals surface area (Å²) in [6.07, 6.45) is -2.66. The maximum Gasteiger partial charge on any atom is 0.194 e. The zero-order chi connectivity index (χ0) is 23.6. The number of nitrogens with one attached hydrogen (secondary N) is 1. The lowest BCUT2D eigenvalue weighted by molar-refractivity contribution is -0.164. The Hall–Kier alpha value is -1.66. The normalized spacial score (nSPS) is 26.2. The quantitative estimate of drug-likeness (QED) is 0.380. The van der Waals surface area contributed by atoms with E-state index in [0.29, 0.717) is 27.1 Å². The van der Waals surface area contributed by atoms with Crippen LogP contribution in [0.4, 0.5) is 13.2 Å². The average molecular weight is 511 g/mol. The Morgan fingerprint density at radius 2 is 1.78 bits per heavy atom. The van der Waals surface area contributed by atoms with Crippen molar-refractivity contribution in [2.75, 3.05) is 6.61 Å². The molecule has 3 rings (SSSR count). The van der Waals surface area contributed by atoms with Gasteiger partial charge < -0.3 is 31.1 Å². The van der Waals surface area contributed by atoms with Crippen molar-refractivity contribution < 1.29 is 33.2 Å². The van der Waals surface area contributed by atoms with Crippen LogP contribution in [0.25, 0.3) is 5.70 Å². The van der Waals surface area contributed by atoms with Crippen LogP contribution in [0, 0.1) is 17.5 Å². The molecule has 1 aliphatic rings. The van der Waals surface area contributed by atoms with E-state index < -0.39 is 53.8 Å². The first-order valence-electron chi connectivity index (χ1n) is 9.23. The molecule has 0 aliphatic carbocycles. The van der Waals surface area contributed by atoms with Crippen LogP contribution in [0.3, 0.4) is 0 Å². The molecule has 5 unspecified atom stereocenters. The van der Waals surface area contributed by atoms with Gasteiger partial charge in [0.1, 0.15) is 23.7 Å². The van der Waals surface area contributed by atoms with Gasteiger partial charge in [-0.15, -0.1) is 0 Å². The van der Waals surface area contributed by atoms with Crippen LogP contribution in [0.2, 0.25) is 10.0 Å². The lowest BCUT2D eigenvalue weighted by Crippen LogP contribution is -2.62. The SMILES string of the molecule is N/C(=C\NC1C(O)C(CO)OC(Sc2cc(Cl)ccc2Cl)C1O)c1cc(F)c(F)c(F)c1. The molecule has 12 heteroatoms. The highest BCUT2D eigenvalue weighted by Gasteiger charge is 2.44. The summed E-state index contributed by atoms with van der Waals surface area (Å²) in [7, 11) is 0. The van der Waals surface area contributed by atoms with Crippen LogP contribution in [0.15, 0.2) is 41.4 Å². The minimum atomic E-state index is -1.63. The van der Waals surface area contributed by atoms with Gasteiger partial charge in [-0.1, -0.05) is 35.0 Å². The van der Waals surface area contributed by atoms with Crippen molar-refractivity contribution >= 4 is 40.7 Å². The minimum Gasteiger partial charge on any atom is -0.397 e. The zero-order valence-electron chi connectivity index (χ0n) is 16.2. The highest BCUT2D eigenvalue weighted by molar-refractivity contribution is 8.00. The fourth-order valence-corrected chi connectivity index (χ4v) is 4.69. The zero-order valence-corrected chi connectivity index (χ0v) is 18.5. The highest BCUT2D eigenvalue weighted by Crippen LogP contribution is 2.38. The number of thioether (sulfide) groups is 1. The Morgan fingerprint density at radius 1 is 1.12 bits per heavy atom. The number of benzene rings is 2. The number of hydrogen-bond acceptors (Lipinski definition) is 7. The van der Waals surface area contributed by atoms with E-state index in [1.54, 1.807) is 18.2 Å². The van der Waals surface area contributed by atoms with E-state index in [4.69, 9.17) is 33.7 Å². The number of halogens is 5. The minimum absolute atomic E-state index is 0.153. The van der Waals surface area contributed by atoms with Gasteiger partial charge in [-0.2, -0.15) is 0 Å². The van der Waals surface area contributed by atoms with Gasteiger partial charge in [-0.05, 0) is 30.3 Å². The molecule has 1 saturated heterocycles. The lowest BCUT2D eigenvalue weighted by Gasteiger charge is -2.42. The van der Waals surface area contributed by atoms with Crippen molar-refractivity contribution in [2.24, 2.45) is 5.73 Å². The number of nitrogens with two attached hydrogens (primary N) is 1. The third-order valence-corrected chi connectivity index (χ3v) is 6.66. The maximum atomic E-state index is 13.5.